The van der Waals surface area contributed by atoms with Crippen LogP contribution in [0.1, 0.15) is 26.2 Å². The van der Waals surface area contributed by atoms with E-state index in [0.29, 0.717) is 12.1 Å². The van der Waals surface area contributed by atoms with Crippen molar-refractivity contribution in [2.45, 2.75) is 48.4 Å². The van der Waals surface area contributed by atoms with Gasteiger partial charge in [-0.05, 0) is 50.5 Å². The maximum Gasteiger partial charge on any atom is 0.235 e. The fraction of sp³-hybridized carbons (Fsp3) is 0.562. The molecule has 122 valence electrons. The smallest absolute Gasteiger partial charge is 0.235 e. The van der Waals surface area contributed by atoms with Crippen LogP contribution in [-0.2, 0) is 4.79 Å². The first-order valence-corrected chi connectivity index (χ1v) is 8.84. The molecular weight excluding hydrogens is 339 g/mol. The summed E-state index contributed by atoms with van der Waals surface area (Å²) >= 11 is 7.51. The van der Waals surface area contributed by atoms with Crippen molar-refractivity contribution in [3.05, 3.63) is 29.3 Å². The third-order valence-corrected chi connectivity index (χ3v) is 5.66. The summed E-state index contributed by atoms with van der Waals surface area (Å²) in [6.07, 6.45) is 3.55. The summed E-state index contributed by atoms with van der Waals surface area (Å²) in [7, 11) is 0. The first-order valence-electron chi connectivity index (χ1n) is 7.59. The highest BCUT2D eigenvalue weighted by molar-refractivity contribution is 8.00. The normalized spacial score (nSPS) is 25.3. The Morgan fingerprint density at radius 3 is 2.68 bits per heavy atom. The molecule has 0 saturated carbocycles. The molecule has 2 fully saturated rings. The van der Waals surface area contributed by atoms with Gasteiger partial charge in [-0.15, -0.1) is 24.2 Å². The molecule has 2 saturated heterocycles. The quantitative estimate of drug-likeness (QED) is 0.835. The molecule has 0 radical (unpaired) electrons. The molecule has 1 amide bonds. The van der Waals surface area contributed by atoms with Crippen molar-refractivity contribution in [2.24, 2.45) is 0 Å². The van der Waals surface area contributed by atoms with E-state index < -0.39 is 0 Å². The van der Waals surface area contributed by atoms with Crippen LogP contribution in [0.25, 0.3) is 0 Å². The maximum absolute atomic E-state index is 12.6. The number of nitrogens with zero attached hydrogens (tertiary/aromatic N) is 1. The van der Waals surface area contributed by atoms with Gasteiger partial charge in [0.1, 0.15) is 0 Å². The monoisotopic (exact) mass is 360 g/mol. The lowest BCUT2D eigenvalue weighted by Gasteiger charge is -2.27. The molecule has 22 heavy (non-hydrogen) atoms. The summed E-state index contributed by atoms with van der Waals surface area (Å²) < 4.78 is 0. The highest BCUT2D eigenvalue weighted by Crippen LogP contribution is 2.27. The highest BCUT2D eigenvalue weighted by atomic mass is 35.5. The molecular formula is C16H22Cl2N2OS. The second-order valence-electron chi connectivity index (χ2n) is 5.92. The summed E-state index contributed by atoms with van der Waals surface area (Å²) in [6, 6.07) is 8.80. The second-order valence-corrected chi connectivity index (χ2v) is 7.78. The fourth-order valence-electron chi connectivity index (χ4n) is 3.17. The summed E-state index contributed by atoms with van der Waals surface area (Å²) in [5.74, 6) is 0.254. The molecule has 1 aromatic carbocycles. The lowest BCUT2D eigenvalue weighted by molar-refractivity contribution is -0.130. The van der Waals surface area contributed by atoms with Gasteiger partial charge in [-0.2, -0.15) is 0 Å². The number of rotatable bonds is 3. The van der Waals surface area contributed by atoms with Gasteiger partial charge in [-0.3, -0.25) is 4.79 Å². The molecule has 3 rings (SSSR count). The van der Waals surface area contributed by atoms with Gasteiger partial charge < -0.3 is 10.2 Å². The van der Waals surface area contributed by atoms with Crippen LogP contribution in [-0.4, -0.2) is 41.2 Å². The minimum atomic E-state index is -0.0530. The van der Waals surface area contributed by atoms with Crippen LogP contribution >= 0.6 is 35.8 Å². The van der Waals surface area contributed by atoms with Crippen molar-refractivity contribution in [1.82, 2.24) is 10.2 Å². The number of thioether (sulfide) groups is 1. The average molecular weight is 361 g/mol. The Bertz CT molecular complexity index is 511. The highest BCUT2D eigenvalue weighted by Gasteiger charge is 2.32. The zero-order valence-electron chi connectivity index (χ0n) is 12.6. The molecule has 3 nitrogen and oxygen atoms in total. The van der Waals surface area contributed by atoms with Crippen molar-refractivity contribution in [2.75, 3.05) is 13.1 Å². The lowest BCUT2D eigenvalue weighted by atomic mass is 10.1. The number of likely N-dealkylation sites (tertiary alicyclic amines) is 1. The lowest BCUT2D eigenvalue weighted by Crippen LogP contribution is -2.42. The van der Waals surface area contributed by atoms with Gasteiger partial charge in [-0.1, -0.05) is 11.6 Å². The molecule has 3 atom stereocenters. The number of amides is 1. The first-order chi connectivity index (χ1) is 10.1. The van der Waals surface area contributed by atoms with E-state index in [0.717, 1.165) is 29.4 Å². The van der Waals surface area contributed by atoms with Gasteiger partial charge in [-0.25, -0.2) is 0 Å². The van der Waals surface area contributed by atoms with E-state index in [-0.39, 0.29) is 23.6 Å². The molecule has 1 aromatic rings. The van der Waals surface area contributed by atoms with E-state index in [2.05, 4.69) is 5.32 Å². The van der Waals surface area contributed by atoms with Gasteiger partial charge in [0.25, 0.3) is 0 Å². The summed E-state index contributed by atoms with van der Waals surface area (Å²) in [6.45, 7) is 3.75. The van der Waals surface area contributed by atoms with Crippen LogP contribution < -0.4 is 5.32 Å². The number of hydrogen-bond donors (Lipinski definition) is 1. The number of nitrogens with one attached hydrogen (secondary N) is 1. The zero-order chi connectivity index (χ0) is 14.8. The molecule has 0 aromatic heterocycles. The molecule has 2 heterocycles. The van der Waals surface area contributed by atoms with Crippen molar-refractivity contribution in [3.63, 3.8) is 0 Å². The molecule has 0 aliphatic carbocycles. The van der Waals surface area contributed by atoms with Crippen molar-refractivity contribution in [3.8, 4) is 0 Å². The van der Waals surface area contributed by atoms with Crippen LogP contribution in [0.5, 0.6) is 0 Å². The third-order valence-electron chi connectivity index (χ3n) is 4.31. The molecule has 2 aliphatic rings. The van der Waals surface area contributed by atoms with Crippen molar-refractivity contribution < 1.29 is 4.79 Å². The van der Waals surface area contributed by atoms with Crippen molar-refractivity contribution in [1.29, 1.82) is 0 Å². The van der Waals surface area contributed by atoms with E-state index in [1.807, 2.05) is 36.1 Å². The SMILES string of the molecule is CC(Sc1ccc(Cl)cc1)C(=O)N1CCC2CCC(C1)N2.Cl. The van der Waals surface area contributed by atoms with Gasteiger partial charge in [0.2, 0.25) is 5.91 Å². The molecule has 6 heteroatoms. The van der Waals surface area contributed by atoms with E-state index in [1.54, 1.807) is 11.8 Å². The van der Waals surface area contributed by atoms with E-state index in [9.17, 15) is 4.79 Å². The molecule has 1 N–H and O–H groups in total. The molecule has 3 unspecified atom stereocenters. The summed E-state index contributed by atoms with van der Waals surface area (Å²) in [5, 5.41) is 4.29. The molecule has 2 bridgehead atoms. The largest absolute Gasteiger partial charge is 0.340 e. The Balaban J connectivity index is 0.00000176. The molecule has 2 aliphatic heterocycles. The van der Waals surface area contributed by atoms with Gasteiger partial charge >= 0.3 is 0 Å². The Morgan fingerprint density at radius 2 is 1.95 bits per heavy atom. The van der Waals surface area contributed by atoms with Gasteiger partial charge in [0.05, 0.1) is 5.25 Å². The first kappa shape index (κ1) is 17.9. The summed E-state index contributed by atoms with van der Waals surface area (Å²) in [5.41, 5.74) is 0. The second kappa shape index (κ2) is 7.91. The van der Waals surface area contributed by atoms with E-state index in [4.69, 9.17) is 11.6 Å². The Kier molecular flexibility index (Phi) is 6.45. The van der Waals surface area contributed by atoms with Crippen LogP contribution in [0.2, 0.25) is 5.02 Å². The predicted molar refractivity (Wildman–Crippen MR) is 95.2 cm³/mol. The Morgan fingerprint density at radius 1 is 1.27 bits per heavy atom. The fourth-order valence-corrected chi connectivity index (χ4v) is 4.25. The van der Waals surface area contributed by atoms with Crippen molar-refractivity contribution >= 4 is 41.7 Å². The molecule has 0 spiro atoms. The summed E-state index contributed by atoms with van der Waals surface area (Å²) in [4.78, 5) is 15.8. The van der Waals surface area contributed by atoms with E-state index in [1.165, 1.54) is 12.8 Å². The van der Waals surface area contributed by atoms with Gasteiger partial charge in [0.15, 0.2) is 0 Å². The zero-order valence-corrected chi connectivity index (χ0v) is 15.0. The minimum Gasteiger partial charge on any atom is -0.340 e. The number of halogens is 2. The van der Waals surface area contributed by atoms with E-state index >= 15 is 0 Å². The topological polar surface area (TPSA) is 32.3 Å². The van der Waals surface area contributed by atoms with Crippen LogP contribution in [0.3, 0.4) is 0 Å². The minimum absolute atomic E-state index is 0. The van der Waals surface area contributed by atoms with Crippen LogP contribution in [0.4, 0.5) is 0 Å². The average Bonchev–Trinajstić information content (AvgIpc) is 2.80. The predicted octanol–water partition coefficient (Wildman–Crippen LogP) is 3.60. The number of carbonyl (C=O) groups excluding carboxylic acids is 1. The van der Waals surface area contributed by atoms with Crippen LogP contribution in [0, 0.1) is 0 Å². The Labute approximate surface area is 147 Å². The number of carbonyl (C=O) groups is 1. The standard InChI is InChI=1S/C16H21ClN2OS.ClH/c1-11(21-15-6-2-12(17)3-7-15)16(20)19-9-8-13-4-5-14(10-19)18-13;/h2-3,6-7,11,13-14,18H,4-5,8-10H2,1H3;1H. The maximum atomic E-state index is 12.6. The number of benzene rings is 1. The van der Waals surface area contributed by atoms with Crippen LogP contribution in [0.15, 0.2) is 29.2 Å². The third kappa shape index (κ3) is 4.31. The van der Waals surface area contributed by atoms with Gasteiger partial charge in [0, 0.05) is 35.1 Å². The number of hydrogen-bond acceptors (Lipinski definition) is 3. The Hall–Kier alpha value is -0.420. The number of fused-ring (bicyclic) bond motifs is 2.